The van der Waals surface area contributed by atoms with Crippen LogP contribution >= 0.6 is 0 Å². The SMILES string of the molecule is Cc1c(-c2cccnc2)n(CCOc2ccccc2)c2ccccc12. The first kappa shape index (κ1) is 15.5. The van der Waals surface area contributed by atoms with Gasteiger partial charge in [-0.05, 0) is 42.8 Å². The van der Waals surface area contributed by atoms with Crippen molar-refractivity contribution >= 4 is 10.9 Å². The van der Waals surface area contributed by atoms with E-state index in [0.717, 1.165) is 17.9 Å². The molecule has 25 heavy (non-hydrogen) atoms. The lowest BCUT2D eigenvalue weighted by Crippen LogP contribution is -2.09. The van der Waals surface area contributed by atoms with Gasteiger partial charge in [0.1, 0.15) is 12.4 Å². The fraction of sp³-hybridized carbons (Fsp3) is 0.136. The molecular formula is C22H20N2O. The highest BCUT2D eigenvalue weighted by Gasteiger charge is 2.15. The number of hydrogen-bond acceptors (Lipinski definition) is 2. The van der Waals surface area contributed by atoms with Crippen molar-refractivity contribution in [2.45, 2.75) is 13.5 Å². The summed E-state index contributed by atoms with van der Waals surface area (Å²) < 4.78 is 8.26. The molecule has 2 aromatic carbocycles. The molecule has 0 atom stereocenters. The number of rotatable bonds is 5. The molecule has 0 unspecified atom stereocenters. The summed E-state index contributed by atoms with van der Waals surface area (Å²) in [6.45, 7) is 3.59. The minimum Gasteiger partial charge on any atom is -0.492 e. The minimum atomic E-state index is 0.620. The second-order valence-corrected chi connectivity index (χ2v) is 6.05. The van der Waals surface area contributed by atoms with Gasteiger partial charge >= 0.3 is 0 Å². The van der Waals surface area contributed by atoms with E-state index in [1.165, 1.54) is 22.2 Å². The Bertz CT molecular complexity index is 975. The zero-order valence-corrected chi connectivity index (χ0v) is 14.2. The second-order valence-electron chi connectivity index (χ2n) is 6.05. The van der Waals surface area contributed by atoms with Gasteiger partial charge in [0.05, 0.1) is 12.2 Å². The van der Waals surface area contributed by atoms with Gasteiger partial charge in [0, 0.05) is 28.9 Å². The smallest absolute Gasteiger partial charge is 0.119 e. The molecular weight excluding hydrogens is 308 g/mol. The third-order valence-electron chi connectivity index (χ3n) is 4.49. The van der Waals surface area contributed by atoms with Crippen LogP contribution in [0.15, 0.2) is 79.1 Å². The van der Waals surface area contributed by atoms with E-state index < -0.39 is 0 Å². The van der Waals surface area contributed by atoms with E-state index in [1.54, 1.807) is 0 Å². The van der Waals surface area contributed by atoms with Crippen LogP contribution in [0.25, 0.3) is 22.2 Å². The van der Waals surface area contributed by atoms with Crippen molar-refractivity contribution < 1.29 is 4.74 Å². The molecule has 0 saturated heterocycles. The molecule has 0 aliphatic rings. The molecule has 0 aliphatic heterocycles. The zero-order chi connectivity index (χ0) is 17.1. The van der Waals surface area contributed by atoms with Gasteiger partial charge in [-0.15, -0.1) is 0 Å². The van der Waals surface area contributed by atoms with Crippen molar-refractivity contribution in [3.05, 3.63) is 84.7 Å². The van der Waals surface area contributed by atoms with E-state index in [0.29, 0.717) is 6.61 Å². The molecule has 2 aromatic heterocycles. The highest BCUT2D eigenvalue weighted by atomic mass is 16.5. The first-order chi connectivity index (χ1) is 12.3. The highest BCUT2D eigenvalue weighted by Crippen LogP contribution is 2.32. The summed E-state index contributed by atoms with van der Waals surface area (Å²) in [7, 11) is 0. The first-order valence-corrected chi connectivity index (χ1v) is 8.50. The number of pyridine rings is 1. The number of aromatic nitrogens is 2. The summed E-state index contributed by atoms with van der Waals surface area (Å²) in [6.07, 6.45) is 3.74. The minimum absolute atomic E-state index is 0.620. The van der Waals surface area contributed by atoms with Gasteiger partial charge < -0.3 is 9.30 Å². The van der Waals surface area contributed by atoms with Crippen LogP contribution in [-0.4, -0.2) is 16.2 Å². The molecule has 0 radical (unpaired) electrons. The van der Waals surface area contributed by atoms with Crippen LogP contribution in [0, 0.1) is 6.92 Å². The molecule has 4 rings (SSSR count). The van der Waals surface area contributed by atoms with Gasteiger partial charge in [-0.25, -0.2) is 0 Å². The maximum atomic E-state index is 5.92. The maximum Gasteiger partial charge on any atom is 0.119 e. The van der Waals surface area contributed by atoms with Gasteiger partial charge in [-0.3, -0.25) is 4.98 Å². The molecule has 0 saturated carbocycles. The Balaban J connectivity index is 1.71. The fourth-order valence-electron chi connectivity index (χ4n) is 3.36. The molecule has 0 amide bonds. The zero-order valence-electron chi connectivity index (χ0n) is 14.2. The summed E-state index contributed by atoms with van der Waals surface area (Å²) in [6, 6.07) is 22.6. The van der Waals surface area contributed by atoms with Gasteiger partial charge in [-0.2, -0.15) is 0 Å². The summed E-state index contributed by atoms with van der Waals surface area (Å²) in [5.74, 6) is 0.901. The molecule has 0 N–H and O–H groups in total. The Kier molecular flexibility index (Phi) is 4.21. The van der Waals surface area contributed by atoms with Crippen molar-refractivity contribution in [1.82, 2.24) is 9.55 Å². The van der Waals surface area contributed by atoms with Crippen molar-refractivity contribution in [3.8, 4) is 17.0 Å². The second kappa shape index (κ2) is 6.81. The van der Waals surface area contributed by atoms with Crippen LogP contribution in [0.5, 0.6) is 5.75 Å². The average Bonchev–Trinajstić information content (AvgIpc) is 2.96. The van der Waals surface area contributed by atoms with Gasteiger partial charge in [0.15, 0.2) is 0 Å². The van der Waals surface area contributed by atoms with E-state index in [9.17, 15) is 0 Å². The molecule has 2 heterocycles. The predicted molar refractivity (Wildman–Crippen MR) is 102 cm³/mol. The number of para-hydroxylation sites is 2. The number of aryl methyl sites for hydroxylation is 1. The lowest BCUT2D eigenvalue weighted by atomic mass is 10.1. The summed E-state index contributed by atoms with van der Waals surface area (Å²) >= 11 is 0. The van der Waals surface area contributed by atoms with Crippen LogP contribution < -0.4 is 4.74 Å². The summed E-state index contributed by atoms with van der Waals surface area (Å²) in [4.78, 5) is 4.30. The van der Waals surface area contributed by atoms with Crippen molar-refractivity contribution in [2.24, 2.45) is 0 Å². The number of benzene rings is 2. The highest BCUT2D eigenvalue weighted by molar-refractivity contribution is 5.91. The van der Waals surface area contributed by atoms with E-state index >= 15 is 0 Å². The Morgan fingerprint density at radius 2 is 1.72 bits per heavy atom. The number of fused-ring (bicyclic) bond motifs is 1. The number of hydrogen-bond donors (Lipinski definition) is 0. The summed E-state index contributed by atoms with van der Waals surface area (Å²) in [5.41, 5.74) is 4.86. The van der Waals surface area contributed by atoms with Crippen LogP contribution in [0.1, 0.15) is 5.56 Å². The Morgan fingerprint density at radius 1 is 0.920 bits per heavy atom. The maximum absolute atomic E-state index is 5.92. The van der Waals surface area contributed by atoms with E-state index in [2.05, 4.69) is 46.8 Å². The normalized spacial score (nSPS) is 10.9. The Labute approximate surface area is 147 Å². The Morgan fingerprint density at radius 3 is 2.52 bits per heavy atom. The molecule has 0 fully saturated rings. The van der Waals surface area contributed by atoms with Gasteiger partial charge in [-0.1, -0.05) is 36.4 Å². The largest absolute Gasteiger partial charge is 0.492 e. The van der Waals surface area contributed by atoms with E-state index in [1.807, 2.05) is 48.8 Å². The molecule has 0 bridgehead atoms. The van der Waals surface area contributed by atoms with Crippen LogP contribution in [0.4, 0.5) is 0 Å². The average molecular weight is 328 g/mol. The van der Waals surface area contributed by atoms with E-state index in [-0.39, 0.29) is 0 Å². The monoisotopic (exact) mass is 328 g/mol. The van der Waals surface area contributed by atoms with E-state index in [4.69, 9.17) is 4.74 Å². The fourth-order valence-corrected chi connectivity index (χ4v) is 3.36. The Hall–Kier alpha value is -3.07. The molecule has 0 aliphatic carbocycles. The molecule has 3 nitrogen and oxygen atoms in total. The summed E-state index contributed by atoms with van der Waals surface area (Å²) in [5, 5.41) is 1.28. The van der Waals surface area contributed by atoms with Gasteiger partial charge in [0.2, 0.25) is 0 Å². The number of nitrogens with zero attached hydrogens (tertiary/aromatic N) is 2. The molecule has 4 aromatic rings. The quantitative estimate of drug-likeness (QED) is 0.510. The van der Waals surface area contributed by atoms with Crippen molar-refractivity contribution in [2.75, 3.05) is 6.61 Å². The van der Waals surface area contributed by atoms with Gasteiger partial charge in [0.25, 0.3) is 0 Å². The third kappa shape index (κ3) is 3.01. The molecule has 124 valence electrons. The van der Waals surface area contributed by atoms with Crippen molar-refractivity contribution in [3.63, 3.8) is 0 Å². The van der Waals surface area contributed by atoms with Crippen LogP contribution in [-0.2, 0) is 6.54 Å². The van der Waals surface area contributed by atoms with Crippen LogP contribution in [0.2, 0.25) is 0 Å². The first-order valence-electron chi connectivity index (χ1n) is 8.50. The van der Waals surface area contributed by atoms with Crippen molar-refractivity contribution in [1.29, 1.82) is 0 Å². The third-order valence-corrected chi connectivity index (χ3v) is 4.49. The lowest BCUT2D eigenvalue weighted by molar-refractivity contribution is 0.301. The lowest BCUT2D eigenvalue weighted by Gasteiger charge is -2.13. The topological polar surface area (TPSA) is 27.1 Å². The predicted octanol–water partition coefficient (Wildman–Crippen LogP) is 5.09. The standard InChI is InChI=1S/C22H20N2O/c1-17-20-11-5-6-12-21(20)24(22(17)18-8-7-13-23-16-18)14-15-25-19-9-3-2-4-10-19/h2-13,16H,14-15H2,1H3. The molecule has 0 spiro atoms. The van der Waals surface area contributed by atoms with Crippen LogP contribution in [0.3, 0.4) is 0 Å². The molecule has 3 heteroatoms. The number of ether oxygens (including phenoxy) is 1.